The van der Waals surface area contributed by atoms with Gasteiger partial charge < -0.3 is 4.74 Å². The van der Waals surface area contributed by atoms with E-state index in [1.54, 1.807) is 6.07 Å². The first-order chi connectivity index (χ1) is 9.83. The second kappa shape index (κ2) is 6.44. The van der Waals surface area contributed by atoms with E-state index in [1.165, 1.54) is 37.4 Å². The van der Waals surface area contributed by atoms with Crippen molar-refractivity contribution in [2.24, 2.45) is 0 Å². The normalized spacial score (nSPS) is 11.2. The quantitative estimate of drug-likeness (QED) is 0.803. The molecule has 0 aliphatic carbocycles. The van der Waals surface area contributed by atoms with E-state index >= 15 is 0 Å². The zero-order valence-corrected chi connectivity index (χ0v) is 14.6. The van der Waals surface area contributed by atoms with Gasteiger partial charge in [-0.1, -0.05) is 23.2 Å². The van der Waals surface area contributed by atoms with Gasteiger partial charge in [0.05, 0.1) is 32.2 Å². The molecule has 21 heavy (non-hydrogen) atoms. The topological polar surface area (TPSA) is 55.4 Å². The smallest absolute Gasteiger partial charge is 0.261 e. The van der Waals surface area contributed by atoms with Gasteiger partial charge in [-0.05, 0) is 52.3 Å². The summed E-state index contributed by atoms with van der Waals surface area (Å²) in [5, 5.41) is 0.625. The second-order valence-corrected chi connectivity index (χ2v) is 7.38. The fourth-order valence-electron chi connectivity index (χ4n) is 1.59. The molecule has 0 saturated carbocycles. The van der Waals surface area contributed by atoms with Crippen molar-refractivity contribution in [1.29, 1.82) is 0 Å². The zero-order valence-electron chi connectivity index (χ0n) is 10.7. The van der Waals surface area contributed by atoms with Gasteiger partial charge in [0.15, 0.2) is 0 Å². The van der Waals surface area contributed by atoms with Crippen LogP contribution in [0, 0.1) is 0 Å². The number of methoxy groups -OCH3 is 1. The van der Waals surface area contributed by atoms with Crippen molar-refractivity contribution in [3.05, 3.63) is 50.9 Å². The van der Waals surface area contributed by atoms with Crippen LogP contribution >= 0.6 is 39.1 Å². The highest BCUT2D eigenvalue weighted by atomic mass is 79.9. The monoisotopic (exact) mass is 409 g/mol. The molecular formula is C13H10BrCl2NO3S. The Bertz CT molecular complexity index is 781. The van der Waals surface area contributed by atoms with Crippen molar-refractivity contribution in [2.75, 3.05) is 11.8 Å². The molecule has 2 aromatic rings. The minimum Gasteiger partial charge on any atom is -0.496 e. The molecule has 0 bridgehead atoms. The molecule has 1 N–H and O–H groups in total. The number of sulfonamides is 1. The molecule has 0 unspecified atom stereocenters. The Kier molecular flexibility index (Phi) is 5.03. The van der Waals surface area contributed by atoms with Crippen molar-refractivity contribution in [3.8, 4) is 5.75 Å². The highest BCUT2D eigenvalue weighted by molar-refractivity contribution is 9.10. The van der Waals surface area contributed by atoms with Crippen LogP contribution in [0.15, 0.2) is 45.8 Å². The van der Waals surface area contributed by atoms with E-state index in [1.807, 2.05) is 0 Å². The summed E-state index contributed by atoms with van der Waals surface area (Å²) in [6, 6.07) is 8.96. The van der Waals surface area contributed by atoms with Crippen LogP contribution in [0.25, 0.3) is 0 Å². The van der Waals surface area contributed by atoms with E-state index in [9.17, 15) is 8.42 Å². The van der Waals surface area contributed by atoms with E-state index < -0.39 is 10.0 Å². The zero-order chi connectivity index (χ0) is 15.6. The summed E-state index contributed by atoms with van der Waals surface area (Å²) in [7, 11) is -2.23. The van der Waals surface area contributed by atoms with Crippen molar-refractivity contribution in [2.45, 2.75) is 4.90 Å². The number of benzene rings is 2. The number of halogens is 3. The molecule has 4 nitrogen and oxygen atoms in total. The van der Waals surface area contributed by atoms with Gasteiger partial charge in [-0.15, -0.1) is 0 Å². The van der Waals surface area contributed by atoms with Crippen molar-refractivity contribution >= 4 is 54.8 Å². The Hall–Kier alpha value is -0.950. The van der Waals surface area contributed by atoms with Crippen molar-refractivity contribution in [3.63, 3.8) is 0 Å². The molecule has 0 aliphatic rings. The Morgan fingerprint density at radius 1 is 1.10 bits per heavy atom. The van der Waals surface area contributed by atoms with E-state index in [0.29, 0.717) is 20.9 Å². The summed E-state index contributed by atoms with van der Waals surface area (Å²) in [6.45, 7) is 0. The largest absolute Gasteiger partial charge is 0.496 e. The molecule has 0 fully saturated rings. The lowest BCUT2D eigenvalue weighted by Crippen LogP contribution is -2.13. The van der Waals surface area contributed by atoms with Gasteiger partial charge in [0, 0.05) is 0 Å². The Morgan fingerprint density at radius 3 is 2.38 bits per heavy atom. The number of hydrogen-bond donors (Lipinski definition) is 1. The molecule has 0 aromatic heterocycles. The minimum absolute atomic E-state index is 0.0984. The van der Waals surface area contributed by atoms with Gasteiger partial charge >= 0.3 is 0 Å². The van der Waals surface area contributed by atoms with Gasteiger partial charge in [0.25, 0.3) is 10.0 Å². The number of ether oxygens (including phenoxy) is 1. The van der Waals surface area contributed by atoms with Crippen LogP contribution in [0.4, 0.5) is 5.69 Å². The van der Waals surface area contributed by atoms with Crippen molar-refractivity contribution in [1.82, 2.24) is 0 Å². The maximum Gasteiger partial charge on any atom is 0.261 e. The highest BCUT2D eigenvalue weighted by Crippen LogP contribution is 2.29. The van der Waals surface area contributed by atoms with E-state index in [4.69, 9.17) is 27.9 Å². The lowest BCUT2D eigenvalue weighted by molar-refractivity contribution is 0.411. The molecule has 0 spiro atoms. The Balaban J connectivity index is 2.33. The Morgan fingerprint density at radius 2 is 1.81 bits per heavy atom. The second-order valence-electron chi connectivity index (χ2n) is 4.03. The van der Waals surface area contributed by atoms with Gasteiger partial charge in [-0.25, -0.2) is 8.42 Å². The summed E-state index contributed by atoms with van der Waals surface area (Å²) in [5.41, 5.74) is 0.330. The molecule has 0 saturated heterocycles. The van der Waals surface area contributed by atoms with Crippen LogP contribution < -0.4 is 9.46 Å². The average molecular weight is 411 g/mol. The molecule has 2 aromatic carbocycles. The first-order valence-corrected chi connectivity index (χ1v) is 8.68. The molecule has 0 heterocycles. The molecular weight excluding hydrogens is 401 g/mol. The fraction of sp³-hybridized carbons (Fsp3) is 0.0769. The van der Waals surface area contributed by atoms with Crippen molar-refractivity contribution < 1.29 is 13.2 Å². The number of anilines is 1. The first kappa shape index (κ1) is 16.4. The number of rotatable bonds is 4. The van der Waals surface area contributed by atoms with Gasteiger partial charge in [0.2, 0.25) is 0 Å². The molecule has 0 radical (unpaired) electrons. The molecule has 8 heteroatoms. The predicted octanol–water partition coefficient (Wildman–Crippen LogP) is 4.57. The summed E-state index contributed by atoms with van der Waals surface area (Å²) >= 11 is 14.9. The molecule has 0 aliphatic heterocycles. The third kappa shape index (κ3) is 3.83. The molecule has 112 valence electrons. The highest BCUT2D eigenvalue weighted by Gasteiger charge is 2.16. The lowest BCUT2D eigenvalue weighted by atomic mass is 10.3. The van der Waals surface area contributed by atoms with Crippen LogP contribution in [0.1, 0.15) is 0 Å². The molecule has 2 rings (SSSR count). The van der Waals surface area contributed by atoms with Crippen LogP contribution in [0.3, 0.4) is 0 Å². The van der Waals surface area contributed by atoms with Gasteiger partial charge in [-0.3, -0.25) is 4.72 Å². The number of nitrogens with one attached hydrogen (secondary N) is 1. The fourth-order valence-corrected chi connectivity index (χ4v) is 3.65. The SMILES string of the molecule is COc1ccc(S(=O)(=O)Nc2ccc(Cl)c(Cl)c2)cc1Br. The molecule has 0 atom stereocenters. The standard InChI is InChI=1S/C13H10BrCl2NO3S/c1-20-13-5-3-9(7-10(13)14)21(18,19)17-8-2-4-11(15)12(16)6-8/h2-7,17H,1H3. The summed E-state index contributed by atoms with van der Waals surface area (Å²) in [4.78, 5) is 0.0984. The predicted molar refractivity (Wildman–Crippen MR) is 88.0 cm³/mol. The number of hydrogen-bond acceptors (Lipinski definition) is 3. The summed E-state index contributed by atoms with van der Waals surface area (Å²) in [6.07, 6.45) is 0. The van der Waals surface area contributed by atoms with Gasteiger partial charge in [0.1, 0.15) is 5.75 Å². The van der Waals surface area contributed by atoms with Crippen LogP contribution in [0.5, 0.6) is 5.75 Å². The van der Waals surface area contributed by atoms with Gasteiger partial charge in [-0.2, -0.15) is 0 Å². The van der Waals surface area contributed by atoms with Crippen LogP contribution in [-0.4, -0.2) is 15.5 Å². The van der Waals surface area contributed by atoms with E-state index in [2.05, 4.69) is 20.7 Å². The summed E-state index contributed by atoms with van der Waals surface area (Å²) in [5.74, 6) is 0.545. The van der Waals surface area contributed by atoms with E-state index in [0.717, 1.165) is 0 Å². The lowest BCUT2D eigenvalue weighted by Gasteiger charge is -2.10. The van der Waals surface area contributed by atoms with Crippen LogP contribution in [0.2, 0.25) is 10.0 Å². The minimum atomic E-state index is -3.73. The third-order valence-corrected chi connectivity index (χ3v) is 5.34. The van der Waals surface area contributed by atoms with Crippen LogP contribution in [-0.2, 0) is 10.0 Å². The maximum absolute atomic E-state index is 12.3. The molecule has 0 amide bonds. The average Bonchev–Trinajstić information content (AvgIpc) is 2.42. The third-order valence-electron chi connectivity index (χ3n) is 2.61. The maximum atomic E-state index is 12.3. The Labute approximate surface area is 141 Å². The summed E-state index contributed by atoms with van der Waals surface area (Å²) < 4.78 is 32.6. The van der Waals surface area contributed by atoms with E-state index in [-0.39, 0.29) is 9.92 Å². The first-order valence-electron chi connectivity index (χ1n) is 5.65.